The molecule has 0 aromatic heterocycles. The molecule has 0 radical (unpaired) electrons. The normalized spacial score (nSPS) is 22.2. The van der Waals surface area contributed by atoms with E-state index in [0.717, 1.165) is 19.3 Å². The maximum atomic E-state index is 12.4. The summed E-state index contributed by atoms with van der Waals surface area (Å²) in [5.41, 5.74) is 1.27. The summed E-state index contributed by atoms with van der Waals surface area (Å²) in [7, 11) is 0. The first kappa shape index (κ1) is 18.2. The zero-order valence-corrected chi connectivity index (χ0v) is 15.1. The molecule has 2 atom stereocenters. The standard InChI is InChI=1S/C19H26N4O3/c1-13-6-2-3-7-14(13)21-17(24)10-11-20-19(26)23-12-18(25)22-15-8-4-5-9-16(15)23/h4-5,8-9,13-14H,2-3,6-7,10-12H2,1H3,(H,20,26)(H,21,24)(H,22,25)/t13-,14-/m1/s1. The molecule has 26 heavy (non-hydrogen) atoms. The van der Waals surface area contributed by atoms with Crippen molar-refractivity contribution in [3.63, 3.8) is 0 Å². The lowest BCUT2D eigenvalue weighted by Crippen LogP contribution is -2.48. The summed E-state index contributed by atoms with van der Waals surface area (Å²) < 4.78 is 0. The van der Waals surface area contributed by atoms with Gasteiger partial charge < -0.3 is 16.0 Å². The number of nitrogens with zero attached hydrogens (tertiary/aromatic N) is 1. The second-order valence-electron chi connectivity index (χ2n) is 7.07. The average molecular weight is 358 g/mol. The number of hydrogen-bond acceptors (Lipinski definition) is 3. The van der Waals surface area contributed by atoms with Crippen molar-refractivity contribution in [3.05, 3.63) is 24.3 Å². The highest BCUT2D eigenvalue weighted by Gasteiger charge is 2.27. The highest BCUT2D eigenvalue weighted by molar-refractivity contribution is 6.09. The van der Waals surface area contributed by atoms with E-state index in [2.05, 4.69) is 22.9 Å². The summed E-state index contributed by atoms with van der Waals surface area (Å²) in [4.78, 5) is 37.7. The number of hydrogen-bond donors (Lipinski definition) is 3. The van der Waals surface area contributed by atoms with E-state index >= 15 is 0 Å². The number of carbonyl (C=O) groups excluding carboxylic acids is 3. The molecule has 0 spiro atoms. The zero-order valence-electron chi connectivity index (χ0n) is 15.1. The van der Waals surface area contributed by atoms with Gasteiger partial charge in [0, 0.05) is 19.0 Å². The van der Waals surface area contributed by atoms with Crippen molar-refractivity contribution in [2.45, 2.75) is 45.1 Å². The van der Waals surface area contributed by atoms with Crippen LogP contribution in [0.1, 0.15) is 39.0 Å². The molecular formula is C19H26N4O3. The van der Waals surface area contributed by atoms with Crippen LogP contribution in [0.2, 0.25) is 0 Å². The smallest absolute Gasteiger partial charge is 0.322 e. The van der Waals surface area contributed by atoms with E-state index in [-0.39, 0.29) is 43.4 Å². The van der Waals surface area contributed by atoms with Crippen molar-refractivity contribution in [2.24, 2.45) is 5.92 Å². The molecule has 1 saturated carbocycles. The number of amides is 4. The van der Waals surface area contributed by atoms with Gasteiger partial charge in [-0.1, -0.05) is 31.9 Å². The SMILES string of the molecule is C[C@@H]1CCCC[C@H]1NC(=O)CCNC(=O)N1CC(=O)Nc2ccccc21. The summed E-state index contributed by atoms with van der Waals surface area (Å²) in [6, 6.07) is 7.03. The van der Waals surface area contributed by atoms with Crippen LogP contribution in [0.5, 0.6) is 0 Å². The van der Waals surface area contributed by atoms with Crippen LogP contribution in [0, 0.1) is 5.92 Å². The molecule has 2 aliphatic rings. The predicted octanol–water partition coefficient (Wildman–Crippen LogP) is 2.24. The number of carbonyl (C=O) groups is 3. The molecule has 3 N–H and O–H groups in total. The van der Waals surface area contributed by atoms with Gasteiger partial charge in [0.15, 0.2) is 0 Å². The lowest BCUT2D eigenvalue weighted by atomic mass is 9.86. The number of anilines is 2. The summed E-state index contributed by atoms with van der Waals surface area (Å²) in [5, 5.41) is 8.56. The minimum atomic E-state index is -0.369. The number of nitrogens with one attached hydrogen (secondary N) is 3. The summed E-state index contributed by atoms with van der Waals surface area (Å²) in [6.45, 7) is 2.38. The van der Waals surface area contributed by atoms with Gasteiger partial charge in [-0.2, -0.15) is 0 Å². The van der Waals surface area contributed by atoms with Crippen molar-refractivity contribution in [1.82, 2.24) is 10.6 Å². The fourth-order valence-corrected chi connectivity index (χ4v) is 3.60. The Morgan fingerprint density at radius 2 is 2.00 bits per heavy atom. The Labute approximate surface area is 153 Å². The fraction of sp³-hybridized carbons (Fsp3) is 0.526. The van der Waals surface area contributed by atoms with Gasteiger partial charge in [0.1, 0.15) is 6.54 Å². The maximum Gasteiger partial charge on any atom is 0.322 e. The Hall–Kier alpha value is -2.57. The van der Waals surface area contributed by atoms with Gasteiger partial charge in [0.2, 0.25) is 11.8 Å². The number of rotatable bonds is 4. The van der Waals surface area contributed by atoms with Gasteiger partial charge in [-0.25, -0.2) is 4.79 Å². The van der Waals surface area contributed by atoms with E-state index < -0.39 is 0 Å². The summed E-state index contributed by atoms with van der Waals surface area (Å²) >= 11 is 0. The predicted molar refractivity (Wildman–Crippen MR) is 100.0 cm³/mol. The van der Waals surface area contributed by atoms with Gasteiger partial charge in [-0.3, -0.25) is 14.5 Å². The van der Waals surface area contributed by atoms with Crippen LogP contribution in [0.3, 0.4) is 0 Å². The first-order valence-corrected chi connectivity index (χ1v) is 9.28. The molecule has 1 aliphatic heterocycles. The zero-order chi connectivity index (χ0) is 18.5. The Kier molecular flexibility index (Phi) is 5.75. The molecule has 1 aliphatic carbocycles. The van der Waals surface area contributed by atoms with E-state index in [4.69, 9.17) is 0 Å². The second-order valence-corrected chi connectivity index (χ2v) is 7.07. The van der Waals surface area contributed by atoms with Crippen LogP contribution in [0.25, 0.3) is 0 Å². The molecule has 1 heterocycles. The van der Waals surface area contributed by atoms with Gasteiger partial charge in [0.25, 0.3) is 0 Å². The quantitative estimate of drug-likeness (QED) is 0.771. The van der Waals surface area contributed by atoms with Gasteiger partial charge in [-0.05, 0) is 30.9 Å². The van der Waals surface area contributed by atoms with Gasteiger partial charge in [-0.15, -0.1) is 0 Å². The molecule has 1 fully saturated rings. The molecule has 0 unspecified atom stereocenters. The van der Waals surface area contributed by atoms with E-state index in [1.165, 1.54) is 11.3 Å². The molecule has 0 saturated heterocycles. The van der Waals surface area contributed by atoms with Gasteiger partial charge in [0.05, 0.1) is 11.4 Å². The highest BCUT2D eigenvalue weighted by Crippen LogP contribution is 2.28. The van der Waals surface area contributed by atoms with E-state index in [0.29, 0.717) is 17.3 Å². The van der Waals surface area contributed by atoms with Crippen molar-refractivity contribution in [2.75, 3.05) is 23.3 Å². The second kappa shape index (κ2) is 8.21. The van der Waals surface area contributed by atoms with Crippen LogP contribution in [0.15, 0.2) is 24.3 Å². The van der Waals surface area contributed by atoms with Crippen molar-refractivity contribution in [1.29, 1.82) is 0 Å². The van der Waals surface area contributed by atoms with E-state index in [9.17, 15) is 14.4 Å². The van der Waals surface area contributed by atoms with Crippen LogP contribution >= 0.6 is 0 Å². The molecule has 7 heteroatoms. The summed E-state index contributed by atoms with van der Waals surface area (Å²) in [5.74, 6) is 0.231. The van der Waals surface area contributed by atoms with Crippen LogP contribution in [-0.4, -0.2) is 37.0 Å². The number of urea groups is 1. The molecule has 0 bridgehead atoms. The first-order valence-electron chi connectivity index (χ1n) is 9.28. The Balaban J connectivity index is 1.48. The summed E-state index contributed by atoms with van der Waals surface area (Å²) in [6.07, 6.45) is 4.80. The van der Waals surface area contributed by atoms with E-state index in [1.807, 2.05) is 6.07 Å². The molecule has 140 valence electrons. The monoisotopic (exact) mass is 358 g/mol. The minimum absolute atomic E-state index is 0.0331. The minimum Gasteiger partial charge on any atom is -0.353 e. The topological polar surface area (TPSA) is 90.5 Å². The van der Waals surface area contributed by atoms with Crippen LogP contribution in [-0.2, 0) is 9.59 Å². The van der Waals surface area contributed by atoms with Crippen molar-refractivity contribution in [3.8, 4) is 0 Å². The Morgan fingerprint density at radius 1 is 1.23 bits per heavy atom. The van der Waals surface area contributed by atoms with Crippen molar-refractivity contribution < 1.29 is 14.4 Å². The highest BCUT2D eigenvalue weighted by atomic mass is 16.2. The lowest BCUT2D eigenvalue weighted by molar-refractivity contribution is -0.122. The Morgan fingerprint density at radius 3 is 2.81 bits per heavy atom. The number of benzene rings is 1. The molecule has 4 amide bonds. The first-order chi connectivity index (χ1) is 12.5. The average Bonchev–Trinajstić information content (AvgIpc) is 2.62. The molecular weight excluding hydrogens is 332 g/mol. The lowest BCUT2D eigenvalue weighted by Gasteiger charge is -2.30. The van der Waals surface area contributed by atoms with Crippen LogP contribution < -0.4 is 20.9 Å². The third kappa shape index (κ3) is 4.33. The Bertz CT molecular complexity index is 691. The molecule has 7 nitrogen and oxygen atoms in total. The van der Waals surface area contributed by atoms with E-state index in [1.54, 1.807) is 18.2 Å². The van der Waals surface area contributed by atoms with Crippen LogP contribution in [0.4, 0.5) is 16.2 Å². The molecule has 3 rings (SSSR count). The number of fused-ring (bicyclic) bond motifs is 1. The third-order valence-electron chi connectivity index (χ3n) is 5.10. The van der Waals surface area contributed by atoms with Crippen molar-refractivity contribution >= 4 is 29.2 Å². The fourth-order valence-electron chi connectivity index (χ4n) is 3.60. The molecule has 1 aromatic rings. The number of para-hydroxylation sites is 2. The maximum absolute atomic E-state index is 12.4. The molecule has 1 aromatic carbocycles. The largest absolute Gasteiger partial charge is 0.353 e. The third-order valence-corrected chi connectivity index (χ3v) is 5.10. The van der Waals surface area contributed by atoms with Gasteiger partial charge >= 0.3 is 6.03 Å².